The van der Waals surface area contributed by atoms with Crippen molar-refractivity contribution >= 4 is 11.8 Å². The molecule has 1 aromatic heterocycles. The van der Waals surface area contributed by atoms with Crippen LogP contribution in [-0.2, 0) is 6.54 Å². The van der Waals surface area contributed by atoms with E-state index in [0.29, 0.717) is 19.7 Å². The third-order valence-electron chi connectivity index (χ3n) is 5.12. The minimum Gasteiger partial charge on any atom is -0.492 e. The Bertz CT molecular complexity index is 774. The second-order valence-corrected chi connectivity index (χ2v) is 7.23. The number of hydrogen-bond donors (Lipinski definition) is 2. The number of rotatable bonds is 9. The first-order valence-corrected chi connectivity index (χ1v) is 10.9. The molecule has 0 spiro atoms. The SMILES string of the molecule is CCNC(=NCc1ccnc(N2CCN(CC)CC2)c1)NCCOc1ccccc1. The van der Waals surface area contributed by atoms with Crippen LogP contribution in [0.2, 0.25) is 0 Å². The molecule has 30 heavy (non-hydrogen) atoms. The Morgan fingerprint density at radius 3 is 2.60 bits per heavy atom. The van der Waals surface area contributed by atoms with Crippen molar-refractivity contribution in [2.45, 2.75) is 20.4 Å². The zero-order chi connectivity index (χ0) is 21.0. The molecule has 0 unspecified atom stereocenters. The van der Waals surface area contributed by atoms with Crippen LogP contribution >= 0.6 is 0 Å². The molecule has 162 valence electrons. The molecule has 0 atom stereocenters. The quantitative estimate of drug-likeness (QED) is 0.376. The van der Waals surface area contributed by atoms with Crippen LogP contribution in [-0.4, -0.2) is 68.3 Å². The fourth-order valence-corrected chi connectivity index (χ4v) is 3.39. The number of anilines is 1. The molecule has 1 aliphatic heterocycles. The Morgan fingerprint density at radius 2 is 1.87 bits per heavy atom. The van der Waals surface area contributed by atoms with E-state index in [1.54, 1.807) is 0 Å². The summed E-state index contributed by atoms with van der Waals surface area (Å²) in [5.74, 6) is 2.72. The summed E-state index contributed by atoms with van der Waals surface area (Å²) in [6.45, 7) is 12.3. The molecule has 2 N–H and O–H groups in total. The highest BCUT2D eigenvalue weighted by Gasteiger charge is 2.16. The molecule has 1 fully saturated rings. The minimum atomic E-state index is 0.581. The average Bonchev–Trinajstić information content (AvgIpc) is 2.81. The van der Waals surface area contributed by atoms with Gasteiger partial charge >= 0.3 is 0 Å². The molecule has 0 aliphatic carbocycles. The van der Waals surface area contributed by atoms with Gasteiger partial charge in [-0.3, -0.25) is 0 Å². The van der Waals surface area contributed by atoms with E-state index < -0.39 is 0 Å². The monoisotopic (exact) mass is 410 g/mol. The number of benzene rings is 1. The number of para-hydroxylation sites is 1. The average molecular weight is 411 g/mol. The van der Waals surface area contributed by atoms with Gasteiger partial charge in [0, 0.05) is 38.9 Å². The Kier molecular flexibility index (Phi) is 8.78. The Labute approximate surface area is 180 Å². The molecule has 0 amide bonds. The molecule has 3 rings (SSSR count). The molecule has 1 aliphatic rings. The number of ether oxygens (including phenoxy) is 1. The number of guanidine groups is 1. The van der Waals surface area contributed by atoms with Gasteiger partial charge in [0.1, 0.15) is 18.2 Å². The fourth-order valence-electron chi connectivity index (χ4n) is 3.39. The van der Waals surface area contributed by atoms with Gasteiger partial charge in [-0.05, 0) is 43.3 Å². The Morgan fingerprint density at radius 1 is 1.07 bits per heavy atom. The highest BCUT2D eigenvalue weighted by Crippen LogP contribution is 2.15. The number of hydrogen-bond acceptors (Lipinski definition) is 5. The van der Waals surface area contributed by atoms with Gasteiger partial charge in [0.05, 0.1) is 13.1 Å². The number of pyridine rings is 1. The van der Waals surface area contributed by atoms with Crippen LogP contribution in [0, 0.1) is 0 Å². The van der Waals surface area contributed by atoms with E-state index in [1.165, 1.54) is 0 Å². The van der Waals surface area contributed by atoms with Crippen LogP contribution < -0.4 is 20.3 Å². The van der Waals surface area contributed by atoms with Crippen molar-refractivity contribution in [2.75, 3.05) is 57.3 Å². The molecule has 1 aromatic carbocycles. The van der Waals surface area contributed by atoms with Crippen LogP contribution in [0.3, 0.4) is 0 Å². The van der Waals surface area contributed by atoms with Crippen LogP contribution in [0.4, 0.5) is 5.82 Å². The topological polar surface area (TPSA) is 65.0 Å². The first-order chi connectivity index (χ1) is 14.8. The lowest BCUT2D eigenvalue weighted by atomic mass is 10.2. The summed E-state index contributed by atoms with van der Waals surface area (Å²) in [6, 6.07) is 14.0. The van der Waals surface area contributed by atoms with Gasteiger partial charge in [0.25, 0.3) is 0 Å². The fraction of sp³-hybridized carbons (Fsp3) is 0.478. The summed E-state index contributed by atoms with van der Waals surface area (Å²) in [5, 5.41) is 6.63. The van der Waals surface area contributed by atoms with Crippen molar-refractivity contribution in [3.8, 4) is 5.75 Å². The standard InChI is InChI=1S/C23H34N6O/c1-3-24-23(26-12-17-30-21-8-6-5-7-9-21)27-19-20-10-11-25-22(18-20)29-15-13-28(4-2)14-16-29/h5-11,18H,3-4,12-17,19H2,1-2H3,(H2,24,26,27). The third-order valence-corrected chi connectivity index (χ3v) is 5.12. The van der Waals surface area contributed by atoms with Gasteiger partial charge in [-0.1, -0.05) is 25.1 Å². The lowest BCUT2D eigenvalue weighted by molar-refractivity contribution is 0.270. The molecule has 7 heteroatoms. The lowest BCUT2D eigenvalue weighted by Gasteiger charge is -2.34. The highest BCUT2D eigenvalue weighted by atomic mass is 16.5. The second-order valence-electron chi connectivity index (χ2n) is 7.23. The maximum atomic E-state index is 5.73. The summed E-state index contributed by atoms with van der Waals surface area (Å²) in [6.07, 6.45) is 1.89. The number of nitrogens with one attached hydrogen (secondary N) is 2. The molecule has 7 nitrogen and oxygen atoms in total. The van der Waals surface area contributed by atoms with Crippen molar-refractivity contribution in [3.63, 3.8) is 0 Å². The van der Waals surface area contributed by atoms with E-state index in [1.807, 2.05) is 42.6 Å². The van der Waals surface area contributed by atoms with E-state index in [4.69, 9.17) is 9.73 Å². The first kappa shape index (κ1) is 21.9. The van der Waals surface area contributed by atoms with Gasteiger partial charge in [-0.15, -0.1) is 0 Å². The van der Waals surface area contributed by atoms with Gasteiger partial charge in [0.2, 0.25) is 0 Å². The Hall–Kier alpha value is -2.80. The van der Waals surface area contributed by atoms with Crippen molar-refractivity contribution < 1.29 is 4.74 Å². The lowest BCUT2D eigenvalue weighted by Crippen LogP contribution is -2.46. The van der Waals surface area contributed by atoms with Crippen LogP contribution in [0.5, 0.6) is 5.75 Å². The van der Waals surface area contributed by atoms with Crippen LogP contribution in [0.25, 0.3) is 0 Å². The van der Waals surface area contributed by atoms with Crippen LogP contribution in [0.15, 0.2) is 53.7 Å². The first-order valence-electron chi connectivity index (χ1n) is 10.9. The molecular formula is C23H34N6O. The van der Waals surface area contributed by atoms with E-state index in [9.17, 15) is 0 Å². The molecule has 2 heterocycles. The van der Waals surface area contributed by atoms with Crippen molar-refractivity contribution in [2.24, 2.45) is 4.99 Å². The number of likely N-dealkylation sites (N-methyl/N-ethyl adjacent to an activating group) is 1. The molecular weight excluding hydrogens is 376 g/mol. The predicted molar refractivity (Wildman–Crippen MR) is 123 cm³/mol. The summed E-state index contributed by atoms with van der Waals surface area (Å²) < 4.78 is 5.73. The second kappa shape index (κ2) is 12.0. The predicted octanol–water partition coefficient (Wildman–Crippen LogP) is 2.36. The van der Waals surface area contributed by atoms with Crippen molar-refractivity contribution in [1.82, 2.24) is 20.5 Å². The summed E-state index contributed by atoms with van der Waals surface area (Å²) in [5.41, 5.74) is 1.16. The molecule has 1 saturated heterocycles. The number of nitrogens with zero attached hydrogens (tertiary/aromatic N) is 4. The molecule has 2 aromatic rings. The number of aliphatic imine (C=N–C) groups is 1. The van der Waals surface area contributed by atoms with Crippen molar-refractivity contribution in [3.05, 3.63) is 54.2 Å². The smallest absolute Gasteiger partial charge is 0.191 e. The Balaban J connectivity index is 1.50. The summed E-state index contributed by atoms with van der Waals surface area (Å²) >= 11 is 0. The van der Waals surface area contributed by atoms with Gasteiger partial charge < -0.3 is 25.2 Å². The summed E-state index contributed by atoms with van der Waals surface area (Å²) in [4.78, 5) is 14.1. The normalized spacial score (nSPS) is 15.1. The van der Waals surface area contributed by atoms with E-state index >= 15 is 0 Å². The van der Waals surface area contributed by atoms with E-state index in [0.717, 1.165) is 62.4 Å². The largest absolute Gasteiger partial charge is 0.492 e. The third kappa shape index (κ3) is 6.91. The van der Waals surface area contributed by atoms with Gasteiger partial charge in [-0.2, -0.15) is 0 Å². The van der Waals surface area contributed by atoms with Gasteiger partial charge in [-0.25, -0.2) is 9.98 Å². The zero-order valence-electron chi connectivity index (χ0n) is 18.2. The van der Waals surface area contributed by atoms with Crippen LogP contribution in [0.1, 0.15) is 19.4 Å². The van der Waals surface area contributed by atoms with Crippen molar-refractivity contribution in [1.29, 1.82) is 0 Å². The minimum absolute atomic E-state index is 0.581. The molecule has 0 saturated carbocycles. The van der Waals surface area contributed by atoms with Gasteiger partial charge in [0.15, 0.2) is 5.96 Å². The number of piperazine rings is 1. The van der Waals surface area contributed by atoms with E-state index in [-0.39, 0.29) is 0 Å². The zero-order valence-corrected chi connectivity index (χ0v) is 18.2. The molecule has 0 radical (unpaired) electrons. The molecule has 0 bridgehead atoms. The van der Waals surface area contributed by atoms with E-state index in [2.05, 4.69) is 45.3 Å². The maximum absolute atomic E-state index is 5.73. The maximum Gasteiger partial charge on any atom is 0.191 e. The number of aromatic nitrogens is 1. The highest BCUT2D eigenvalue weighted by molar-refractivity contribution is 5.79. The summed E-state index contributed by atoms with van der Waals surface area (Å²) in [7, 11) is 0.